The van der Waals surface area contributed by atoms with Crippen LogP contribution in [0.15, 0.2) is 18.3 Å². The van der Waals surface area contributed by atoms with Crippen molar-refractivity contribution in [3.05, 3.63) is 24.0 Å². The summed E-state index contributed by atoms with van der Waals surface area (Å²) in [6.07, 6.45) is 3.99. The molecule has 2 rings (SSSR count). The van der Waals surface area contributed by atoms with Crippen LogP contribution >= 0.6 is 0 Å². The molecular formula is C14H22N2O2. The first-order valence-corrected chi connectivity index (χ1v) is 6.54. The van der Waals surface area contributed by atoms with Crippen LogP contribution in [0.5, 0.6) is 0 Å². The van der Waals surface area contributed by atoms with E-state index in [9.17, 15) is 4.79 Å². The average molecular weight is 250 g/mol. The molecule has 1 unspecified atom stereocenters. The van der Waals surface area contributed by atoms with Gasteiger partial charge in [0.2, 0.25) is 5.91 Å². The van der Waals surface area contributed by atoms with Gasteiger partial charge in [-0.1, -0.05) is 0 Å². The Hall–Kier alpha value is -1.29. The number of hydrogen-bond donors (Lipinski definition) is 1. The van der Waals surface area contributed by atoms with E-state index in [1.54, 1.807) is 0 Å². The minimum absolute atomic E-state index is 0.0852. The third-order valence-electron chi connectivity index (χ3n) is 3.18. The maximum atomic E-state index is 12.2. The maximum Gasteiger partial charge on any atom is 0.249 e. The molecule has 1 N–H and O–H groups in total. The van der Waals surface area contributed by atoms with Gasteiger partial charge in [0.15, 0.2) is 0 Å². The van der Waals surface area contributed by atoms with Crippen molar-refractivity contribution < 1.29 is 9.53 Å². The second-order valence-electron chi connectivity index (χ2n) is 5.77. The van der Waals surface area contributed by atoms with E-state index >= 15 is 0 Å². The Morgan fingerprint density at radius 1 is 1.56 bits per heavy atom. The van der Waals surface area contributed by atoms with Gasteiger partial charge in [0, 0.05) is 18.4 Å². The normalized spacial score (nSPS) is 20.4. The summed E-state index contributed by atoms with van der Waals surface area (Å²) in [5.74, 6) is 0.0852. The lowest BCUT2D eigenvalue weighted by molar-refractivity contribution is -0.142. The standard InChI is InChI=1S/C14H22N2O2/c1-14(2,3)18-10-13(17)16-9-5-7-12(16)11-6-4-8-15-11/h4,6,8,12,15H,5,7,9-10H2,1-3H3. The van der Waals surface area contributed by atoms with Gasteiger partial charge in [0.25, 0.3) is 0 Å². The van der Waals surface area contributed by atoms with Crippen LogP contribution < -0.4 is 0 Å². The predicted molar refractivity (Wildman–Crippen MR) is 70.2 cm³/mol. The van der Waals surface area contributed by atoms with Gasteiger partial charge in [-0.2, -0.15) is 0 Å². The van der Waals surface area contributed by atoms with Gasteiger partial charge in [-0.15, -0.1) is 0 Å². The Morgan fingerprint density at radius 3 is 2.94 bits per heavy atom. The number of nitrogens with zero attached hydrogens (tertiary/aromatic N) is 1. The number of aromatic amines is 1. The van der Waals surface area contributed by atoms with Gasteiger partial charge in [0.1, 0.15) is 6.61 Å². The molecule has 1 aromatic rings. The minimum Gasteiger partial charge on any atom is -0.366 e. The summed E-state index contributed by atoms with van der Waals surface area (Å²) in [7, 11) is 0. The zero-order chi connectivity index (χ0) is 13.2. The van der Waals surface area contributed by atoms with Gasteiger partial charge in [-0.05, 0) is 45.7 Å². The molecule has 0 aliphatic carbocycles. The second kappa shape index (κ2) is 5.14. The highest BCUT2D eigenvalue weighted by Crippen LogP contribution is 2.30. The third kappa shape index (κ3) is 3.13. The molecule has 1 saturated heterocycles. The van der Waals surface area contributed by atoms with Crippen LogP contribution in [0.4, 0.5) is 0 Å². The Morgan fingerprint density at radius 2 is 2.33 bits per heavy atom. The van der Waals surface area contributed by atoms with Crippen molar-refractivity contribution in [2.24, 2.45) is 0 Å². The highest BCUT2D eigenvalue weighted by molar-refractivity contribution is 5.78. The summed E-state index contributed by atoms with van der Waals surface area (Å²) in [6, 6.07) is 4.21. The number of ether oxygens (including phenoxy) is 1. The first kappa shape index (κ1) is 13.1. The van der Waals surface area contributed by atoms with Crippen molar-refractivity contribution in [1.82, 2.24) is 9.88 Å². The Labute approximate surface area is 108 Å². The van der Waals surface area contributed by atoms with Crippen molar-refractivity contribution in [3.63, 3.8) is 0 Å². The summed E-state index contributed by atoms with van der Waals surface area (Å²) in [6.45, 7) is 6.89. The van der Waals surface area contributed by atoms with E-state index in [1.165, 1.54) is 0 Å². The molecule has 100 valence electrons. The lowest BCUT2D eigenvalue weighted by atomic mass is 10.1. The third-order valence-corrected chi connectivity index (χ3v) is 3.18. The first-order chi connectivity index (χ1) is 8.47. The molecule has 0 saturated carbocycles. The van der Waals surface area contributed by atoms with Gasteiger partial charge in [0.05, 0.1) is 11.6 Å². The summed E-state index contributed by atoms with van der Waals surface area (Å²) < 4.78 is 5.57. The molecule has 1 atom stereocenters. The second-order valence-corrected chi connectivity index (χ2v) is 5.77. The van der Waals surface area contributed by atoms with Crippen molar-refractivity contribution in [3.8, 4) is 0 Å². The van der Waals surface area contributed by atoms with Gasteiger partial charge < -0.3 is 14.6 Å². The molecule has 1 aromatic heterocycles. The van der Waals surface area contributed by atoms with E-state index < -0.39 is 0 Å². The van der Waals surface area contributed by atoms with E-state index in [1.807, 2.05) is 44.0 Å². The molecule has 1 aliphatic heterocycles. The topological polar surface area (TPSA) is 45.3 Å². The largest absolute Gasteiger partial charge is 0.366 e. The summed E-state index contributed by atoms with van der Waals surface area (Å²) in [4.78, 5) is 17.3. The van der Waals surface area contributed by atoms with Crippen molar-refractivity contribution in [2.45, 2.75) is 45.3 Å². The smallest absolute Gasteiger partial charge is 0.249 e. The molecule has 2 heterocycles. The minimum atomic E-state index is -0.267. The Kier molecular flexibility index (Phi) is 3.76. The summed E-state index contributed by atoms with van der Waals surface area (Å²) in [5.41, 5.74) is 0.855. The number of nitrogens with one attached hydrogen (secondary N) is 1. The molecule has 18 heavy (non-hydrogen) atoms. The number of rotatable bonds is 3. The van der Waals surface area contributed by atoms with Crippen molar-refractivity contribution in [2.75, 3.05) is 13.2 Å². The van der Waals surface area contributed by atoms with Crippen molar-refractivity contribution >= 4 is 5.91 Å². The first-order valence-electron chi connectivity index (χ1n) is 6.54. The number of amides is 1. The number of likely N-dealkylation sites (tertiary alicyclic amines) is 1. The number of H-pyrrole nitrogens is 1. The lowest BCUT2D eigenvalue weighted by Crippen LogP contribution is -2.36. The lowest BCUT2D eigenvalue weighted by Gasteiger charge is -2.26. The molecule has 1 fully saturated rings. The van der Waals surface area contributed by atoms with Crippen LogP contribution in [-0.4, -0.2) is 34.5 Å². The maximum absolute atomic E-state index is 12.2. The SMILES string of the molecule is CC(C)(C)OCC(=O)N1CCCC1c1ccc[nH]1. The van der Waals surface area contributed by atoms with Crippen molar-refractivity contribution in [1.29, 1.82) is 0 Å². The van der Waals surface area contributed by atoms with E-state index in [-0.39, 0.29) is 24.2 Å². The molecule has 4 heteroatoms. The monoisotopic (exact) mass is 250 g/mol. The van der Waals surface area contributed by atoms with E-state index in [4.69, 9.17) is 4.74 Å². The van der Waals surface area contributed by atoms with Crippen LogP contribution in [0.25, 0.3) is 0 Å². The number of aromatic nitrogens is 1. The molecule has 0 radical (unpaired) electrons. The predicted octanol–water partition coefficient (Wildman–Crippen LogP) is 2.49. The number of carbonyl (C=O) groups excluding carboxylic acids is 1. The molecule has 0 spiro atoms. The van der Waals surface area contributed by atoms with E-state index in [2.05, 4.69) is 4.98 Å². The average Bonchev–Trinajstić information content (AvgIpc) is 2.94. The molecule has 4 nitrogen and oxygen atoms in total. The van der Waals surface area contributed by atoms with Crippen LogP contribution in [-0.2, 0) is 9.53 Å². The molecular weight excluding hydrogens is 228 g/mol. The zero-order valence-corrected chi connectivity index (χ0v) is 11.4. The molecule has 1 amide bonds. The fraction of sp³-hybridized carbons (Fsp3) is 0.643. The number of carbonyl (C=O) groups is 1. The van der Waals surface area contributed by atoms with Gasteiger partial charge in [-0.3, -0.25) is 4.79 Å². The molecule has 0 bridgehead atoms. The quantitative estimate of drug-likeness (QED) is 0.895. The highest BCUT2D eigenvalue weighted by Gasteiger charge is 2.30. The van der Waals surface area contributed by atoms with E-state index in [0.29, 0.717) is 0 Å². The summed E-state index contributed by atoms with van der Waals surface area (Å²) in [5, 5.41) is 0. The summed E-state index contributed by atoms with van der Waals surface area (Å²) >= 11 is 0. The molecule has 0 aromatic carbocycles. The highest BCUT2D eigenvalue weighted by atomic mass is 16.5. The van der Waals surface area contributed by atoms with Gasteiger partial charge in [-0.25, -0.2) is 0 Å². The van der Waals surface area contributed by atoms with Crippen LogP contribution in [0.3, 0.4) is 0 Å². The van der Waals surface area contributed by atoms with E-state index in [0.717, 1.165) is 25.1 Å². The molecule has 1 aliphatic rings. The van der Waals surface area contributed by atoms with Crippen LogP contribution in [0.2, 0.25) is 0 Å². The fourth-order valence-corrected chi connectivity index (χ4v) is 2.30. The van der Waals surface area contributed by atoms with Crippen LogP contribution in [0, 0.1) is 0 Å². The Balaban J connectivity index is 1.97. The Bertz CT molecular complexity index is 392. The van der Waals surface area contributed by atoms with Crippen LogP contribution in [0.1, 0.15) is 45.3 Å². The van der Waals surface area contributed by atoms with Gasteiger partial charge >= 0.3 is 0 Å². The fourth-order valence-electron chi connectivity index (χ4n) is 2.30. The zero-order valence-electron chi connectivity index (χ0n) is 11.4. The number of hydrogen-bond acceptors (Lipinski definition) is 2.